The molecule has 0 radical (unpaired) electrons. The number of aromatic nitrogens is 2. The first-order valence-corrected chi connectivity index (χ1v) is 8.10. The molecule has 0 aliphatic heterocycles. The summed E-state index contributed by atoms with van der Waals surface area (Å²) in [5.74, 6) is 0.573. The van der Waals surface area contributed by atoms with Crippen LogP contribution in [0.25, 0.3) is 0 Å². The summed E-state index contributed by atoms with van der Waals surface area (Å²) in [5, 5.41) is 3.56. The van der Waals surface area contributed by atoms with Crippen LogP contribution in [0.1, 0.15) is 36.2 Å². The summed E-state index contributed by atoms with van der Waals surface area (Å²) in [6.07, 6.45) is 4.42. The van der Waals surface area contributed by atoms with Crippen molar-refractivity contribution < 1.29 is 4.74 Å². The average Bonchev–Trinajstić information content (AvgIpc) is 2.52. The van der Waals surface area contributed by atoms with E-state index in [1.807, 2.05) is 0 Å². The molecule has 4 nitrogen and oxygen atoms in total. The Bertz CT molecular complexity index is 604. The Kier molecular flexibility index (Phi) is 5.93. The number of rotatable bonds is 6. The molecule has 1 heterocycles. The summed E-state index contributed by atoms with van der Waals surface area (Å²) < 4.78 is 6.63. The van der Waals surface area contributed by atoms with Gasteiger partial charge >= 0.3 is 0 Å². The van der Waals surface area contributed by atoms with Crippen LogP contribution >= 0.6 is 22.6 Å². The Morgan fingerprint density at radius 2 is 2.05 bits per heavy atom. The average molecular weight is 397 g/mol. The number of aryl methyl sites for hydroxylation is 1. The van der Waals surface area contributed by atoms with E-state index < -0.39 is 0 Å². The second kappa shape index (κ2) is 7.70. The molecule has 0 aliphatic rings. The van der Waals surface area contributed by atoms with Crippen molar-refractivity contribution in [3.8, 4) is 5.88 Å². The molecule has 0 amide bonds. The minimum Gasteiger partial charge on any atom is -0.480 e. The van der Waals surface area contributed by atoms with E-state index >= 15 is 0 Å². The number of methoxy groups -OCH3 is 1. The number of nitrogens with zero attached hydrogens (tertiary/aromatic N) is 2. The predicted octanol–water partition coefficient (Wildman–Crippen LogP) is 3.49. The predicted molar refractivity (Wildman–Crippen MR) is 92.6 cm³/mol. The molecule has 0 bridgehead atoms. The summed E-state index contributed by atoms with van der Waals surface area (Å²) in [6, 6.07) is 6.32. The Balaban J connectivity index is 2.50. The van der Waals surface area contributed by atoms with E-state index in [4.69, 9.17) is 4.74 Å². The van der Waals surface area contributed by atoms with E-state index in [-0.39, 0.29) is 6.04 Å². The first-order valence-electron chi connectivity index (χ1n) is 7.02. The fourth-order valence-electron chi connectivity index (χ4n) is 2.23. The molecule has 0 spiro atoms. The largest absolute Gasteiger partial charge is 0.480 e. The molecular formula is C16H20IN3O. The fourth-order valence-corrected chi connectivity index (χ4v) is 2.90. The van der Waals surface area contributed by atoms with Crippen molar-refractivity contribution in [3.63, 3.8) is 0 Å². The second-order valence-corrected chi connectivity index (χ2v) is 5.89. The Hall–Kier alpha value is -1.21. The van der Waals surface area contributed by atoms with E-state index in [2.05, 4.69) is 69.9 Å². The SMILES string of the molecule is CCCNC(c1cccc(C)c1I)c1nccnc1OC. The third kappa shape index (κ3) is 3.71. The van der Waals surface area contributed by atoms with Crippen molar-refractivity contribution in [2.45, 2.75) is 26.3 Å². The van der Waals surface area contributed by atoms with E-state index in [1.165, 1.54) is 14.7 Å². The van der Waals surface area contributed by atoms with E-state index in [1.54, 1.807) is 19.5 Å². The van der Waals surface area contributed by atoms with Gasteiger partial charge in [-0.2, -0.15) is 0 Å². The maximum absolute atomic E-state index is 5.38. The zero-order valence-electron chi connectivity index (χ0n) is 12.6. The van der Waals surface area contributed by atoms with Crippen LogP contribution in [0.15, 0.2) is 30.6 Å². The van der Waals surface area contributed by atoms with Gasteiger partial charge < -0.3 is 10.1 Å². The maximum Gasteiger partial charge on any atom is 0.237 e. The van der Waals surface area contributed by atoms with Crippen molar-refractivity contribution in [3.05, 3.63) is 51.0 Å². The lowest BCUT2D eigenvalue weighted by molar-refractivity contribution is 0.382. The number of hydrogen-bond donors (Lipinski definition) is 1. The Morgan fingerprint density at radius 3 is 2.76 bits per heavy atom. The molecule has 1 atom stereocenters. The smallest absolute Gasteiger partial charge is 0.237 e. The summed E-state index contributed by atoms with van der Waals surface area (Å²) in [6.45, 7) is 5.18. The molecular weight excluding hydrogens is 377 g/mol. The fraction of sp³-hybridized carbons (Fsp3) is 0.375. The molecule has 1 N–H and O–H groups in total. The second-order valence-electron chi connectivity index (χ2n) is 4.82. The molecule has 112 valence electrons. The highest BCUT2D eigenvalue weighted by molar-refractivity contribution is 14.1. The molecule has 0 saturated heterocycles. The topological polar surface area (TPSA) is 47.0 Å². The van der Waals surface area contributed by atoms with Crippen LogP contribution in [0, 0.1) is 10.5 Å². The summed E-state index contributed by atoms with van der Waals surface area (Å²) in [5.41, 5.74) is 3.30. The number of nitrogens with one attached hydrogen (secondary N) is 1. The van der Waals surface area contributed by atoms with Crippen molar-refractivity contribution in [1.29, 1.82) is 0 Å². The highest BCUT2D eigenvalue weighted by atomic mass is 127. The van der Waals surface area contributed by atoms with Gasteiger partial charge in [-0.05, 0) is 53.6 Å². The van der Waals surface area contributed by atoms with Gasteiger partial charge in [0.25, 0.3) is 0 Å². The lowest BCUT2D eigenvalue weighted by Gasteiger charge is -2.21. The first-order chi connectivity index (χ1) is 10.2. The third-order valence-corrected chi connectivity index (χ3v) is 4.76. The van der Waals surface area contributed by atoms with Crippen molar-refractivity contribution in [2.75, 3.05) is 13.7 Å². The van der Waals surface area contributed by atoms with Gasteiger partial charge in [-0.1, -0.05) is 25.1 Å². The van der Waals surface area contributed by atoms with Gasteiger partial charge in [-0.15, -0.1) is 0 Å². The monoisotopic (exact) mass is 397 g/mol. The molecule has 0 aliphatic carbocycles. The molecule has 5 heteroatoms. The molecule has 2 aromatic rings. The van der Waals surface area contributed by atoms with Crippen molar-refractivity contribution >= 4 is 22.6 Å². The Labute approximate surface area is 139 Å². The van der Waals surface area contributed by atoms with Crippen LogP contribution in [-0.4, -0.2) is 23.6 Å². The summed E-state index contributed by atoms with van der Waals surface area (Å²) in [4.78, 5) is 8.77. The van der Waals surface area contributed by atoms with Crippen LogP contribution in [0.2, 0.25) is 0 Å². The minimum atomic E-state index is -0.0135. The first kappa shape index (κ1) is 16.2. The zero-order valence-corrected chi connectivity index (χ0v) is 14.7. The molecule has 1 aromatic carbocycles. The number of hydrogen-bond acceptors (Lipinski definition) is 4. The summed E-state index contributed by atoms with van der Waals surface area (Å²) >= 11 is 2.39. The maximum atomic E-state index is 5.38. The van der Waals surface area contributed by atoms with E-state index in [0.29, 0.717) is 5.88 Å². The number of ether oxygens (including phenoxy) is 1. The van der Waals surface area contributed by atoms with Crippen LogP contribution in [0.4, 0.5) is 0 Å². The highest BCUT2D eigenvalue weighted by Crippen LogP contribution is 2.30. The van der Waals surface area contributed by atoms with Crippen LogP contribution in [-0.2, 0) is 0 Å². The van der Waals surface area contributed by atoms with Crippen molar-refractivity contribution in [2.24, 2.45) is 0 Å². The molecule has 21 heavy (non-hydrogen) atoms. The molecule has 1 aromatic heterocycles. The van der Waals surface area contributed by atoms with Gasteiger partial charge in [-0.25, -0.2) is 4.98 Å². The van der Waals surface area contributed by atoms with Gasteiger partial charge in [0, 0.05) is 16.0 Å². The van der Waals surface area contributed by atoms with Gasteiger partial charge in [0.05, 0.1) is 13.2 Å². The molecule has 2 rings (SSSR count). The quantitative estimate of drug-likeness (QED) is 0.759. The minimum absolute atomic E-state index is 0.0135. The zero-order chi connectivity index (χ0) is 15.2. The summed E-state index contributed by atoms with van der Waals surface area (Å²) in [7, 11) is 1.63. The lowest BCUT2D eigenvalue weighted by Crippen LogP contribution is -2.25. The van der Waals surface area contributed by atoms with Crippen molar-refractivity contribution in [1.82, 2.24) is 15.3 Å². The van der Waals surface area contributed by atoms with E-state index in [9.17, 15) is 0 Å². The van der Waals surface area contributed by atoms with Gasteiger partial charge in [0.1, 0.15) is 5.69 Å². The molecule has 1 unspecified atom stereocenters. The lowest BCUT2D eigenvalue weighted by atomic mass is 10.0. The van der Waals surface area contributed by atoms with Crippen LogP contribution < -0.4 is 10.1 Å². The normalized spacial score (nSPS) is 12.2. The Morgan fingerprint density at radius 1 is 1.29 bits per heavy atom. The number of benzene rings is 1. The van der Waals surface area contributed by atoms with Gasteiger partial charge in [0.2, 0.25) is 5.88 Å². The highest BCUT2D eigenvalue weighted by Gasteiger charge is 2.22. The standard InChI is InChI=1S/C16H20IN3O/c1-4-8-18-14(12-7-5-6-11(2)13(12)17)15-16(21-3)20-10-9-19-15/h5-7,9-10,14,18H,4,8H2,1-3H3. The molecule has 0 saturated carbocycles. The van der Waals surface area contributed by atoms with Crippen LogP contribution in [0.3, 0.4) is 0 Å². The van der Waals surface area contributed by atoms with E-state index in [0.717, 1.165) is 18.7 Å². The van der Waals surface area contributed by atoms with Gasteiger partial charge in [-0.3, -0.25) is 4.98 Å². The molecule has 0 fully saturated rings. The number of halogens is 1. The van der Waals surface area contributed by atoms with Crippen LogP contribution in [0.5, 0.6) is 5.88 Å². The van der Waals surface area contributed by atoms with Gasteiger partial charge in [0.15, 0.2) is 0 Å². The third-order valence-electron chi connectivity index (χ3n) is 3.29.